The maximum absolute atomic E-state index is 13.9. The van der Waals surface area contributed by atoms with Crippen molar-refractivity contribution in [3.63, 3.8) is 0 Å². The molecule has 1 unspecified atom stereocenters. The lowest BCUT2D eigenvalue weighted by atomic mass is 9.94. The van der Waals surface area contributed by atoms with Gasteiger partial charge in [0.15, 0.2) is 0 Å². The summed E-state index contributed by atoms with van der Waals surface area (Å²) in [5.41, 5.74) is -0.113. The Bertz CT molecular complexity index is 1730. The summed E-state index contributed by atoms with van der Waals surface area (Å²) >= 11 is 0. The molecule has 0 radical (unpaired) electrons. The molecular formula is C34H45N3O8P2S. The first kappa shape index (κ1) is 34.3. The molecule has 3 saturated heterocycles. The van der Waals surface area contributed by atoms with E-state index in [0.29, 0.717) is 17.7 Å². The van der Waals surface area contributed by atoms with Gasteiger partial charge < -0.3 is 22.8 Å². The van der Waals surface area contributed by atoms with Crippen LogP contribution in [-0.4, -0.2) is 76.5 Å². The second kappa shape index (κ2) is 13.9. The molecule has 3 aromatic rings. The van der Waals surface area contributed by atoms with Gasteiger partial charge in [0.1, 0.15) is 6.23 Å². The fourth-order valence-corrected chi connectivity index (χ4v) is 15.0. The molecule has 14 heteroatoms. The second-order valence-corrected chi connectivity index (χ2v) is 19.9. The Morgan fingerprint density at radius 3 is 2.29 bits per heavy atom. The molecule has 2 bridgehead atoms. The lowest BCUT2D eigenvalue weighted by Gasteiger charge is -2.39. The molecule has 0 aliphatic carbocycles. The number of hydrogen-bond acceptors (Lipinski definition) is 9. The number of aromatic nitrogens is 2. The zero-order chi connectivity index (χ0) is 33.6. The quantitative estimate of drug-likeness (QED) is 0.209. The first-order valence-corrected chi connectivity index (χ1v) is 21.9. The number of benzene rings is 2. The molecule has 0 saturated carbocycles. The van der Waals surface area contributed by atoms with E-state index in [2.05, 4.69) is 76.6 Å². The van der Waals surface area contributed by atoms with Crippen LogP contribution in [0.4, 0.5) is 0 Å². The van der Waals surface area contributed by atoms with Crippen LogP contribution >= 0.6 is 26.2 Å². The Balaban J connectivity index is 1.19. The molecule has 2 aromatic carbocycles. The van der Waals surface area contributed by atoms with Crippen molar-refractivity contribution in [3.8, 4) is 0 Å². The van der Waals surface area contributed by atoms with Gasteiger partial charge in [-0.25, -0.2) is 9.46 Å². The van der Waals surface area contributed by atoms with E-state index in [9.17, 15) is 14.2 Å². The summed E-state index contributed by atoms with van der Waals surface area (Å²) in [6.45, 7) is 6.50. The summed E-state index contributed by atoms with van der Waals surface area (Å²) in [6.07, 6.45) is 3.17. The molecule has 7 rings (SSSR count). The molecule has 11 nitrogen and oxygen atoms in total. The summed E-state index contributed by atoms with van der Waals surface area (Å²) in [5.74, 6) is 0.244. The van der Waals surface area contributed by atoms with Crippen LogP contribution in [0.1, 0.15) is 56.5 Å². The minimum absolute atomic E-state index is 0.0210. The van der Waals surface area contributed by atoms with Gasteiger partial charge in [0.05, 0.1) is 37.7 Å². The van der Waals surface area contributed by atoms with Crippen LogP contribution in [0.25, 0.3) is 0 Å². The van der Waals surface area contributed by atoms with Crippen LogP contribution < -0.4 is 11.2 Å². The molecule has 4 aliphatic heterocycles. The monoisotopic (exact) mass is 717 g/mol. The van der Waals surface area contributed by atoms with E-state index in [0.717, 1.165) is 25.1 Å². The van der Waals surface area contributed by atoms with E-state index in [1.165, 1.54) is 14.4 Å². The van der Waals surface area contributed by atoms with E-state index in [1.54, 1.807) is 20.8 Å². The van der Waals surface area contributed by atoms with E-state index >= 15 is 0 Å². The zero-order valence-corrected chi connectivity index (χ0v) is 30.5. The summed E-state index contributed by atoms with van der Waals surface area (Å²) < 4.78 is 49.6. The number of rotatable bonds is 12. The van der Waals surface area contributed by atoms with Gasteiger partial charge in [-0.3, -0.25) is 18.9 Å². The third-order valence-corrected chi connectivity index (χ3v) is 17.6. The van der Waals surface area contributed by atoms with Gasteiger partial charge in [-0.05, 0) is 73.9 Å². The van der Waals surface area contributed by atoms with Crippen molar-refractivity contribution in [2.24, 2.45) is 0 Å². The van der Waals surface area contributed by atoms with Gasteiger partial charge in [-0.15, -0.1) is 0 Å². The molecule has 260 valence electrons. The lowest BCUT2D eigenvalue weighted by molar-refractivity contribution is -0.0523. The average Bonchev–Trinajstić information content (AvgIpc) is 3.78. The zero-order valence-electron chi connectivity index (χ0n) is 27.9. The van der Waals surface area contributed by atoms with E-state index in [-0.39, 0.29) is 31.5 Å². The number of fused-ring (bicyclic) bond motifs is 5. The predicted octanol–water partition coefficient (Wildman–Crippen LogP) is 6.52. The Labute approximate surface area is 284 Å². The minimum Gasteiger partial charge on any atom is -0.351 e. The molecular weight excluding hydrogens is 672 g/mol. The van der Waals surface area contributed by atoms with Gasteiger partial charge in [-0.2, -0.15) is 10.0 Å². The Morgan fingerprint density at radius 1 is 1.02 bits per heavy atom. The number of nitrogens with zero attached hydrogens (tertiary/aromatic N) is 2. The van der Waals surface area contributed by atoms with Gasteiger partial charge in [0.2, 0.25) is 0 Å². The highest BCUT2D eigenvalue weighted by Crippen LogP contribution is 2.65. The summed E-state index contributed by atoms with van der Waals surface area (Å²) in [5, 5.41) is 0. The normalized spacial score (nSPS) is 28.8. The standard InChI is InChI=1S/C34H45N3O8P2S/c1-5-41-47(40,42-6-2)21-26-31-23(3)33(38)35-34(39)37(31)30-20-28(32(26)43-30)44-46-36-19-13-18-27(36)29(45-46)22-48(4,24-14-9-7-10-15-24)25-16-11-8-12-17-25/h7-12,14-17,26-30,32H,5-6,13,18-22H2,1-4H3,(H,35,38,39)/t26-,27+,28-,29-,30-,32?,46+/m1/s1. The van der Waals surface area contributed by atoms with Crippen molar-refractivity contribution >= 4 is 26.2 Å². The number of ether oxygens (including phenoxy) is 1. The smallest absolute Gasteiger partial charge is 0.331 e. The van der Waals surface area contributed by atoms with Crippen molar-refractivity contribution in [1.29, 1.82) is 0 Å². The average molecular weight is 718 g/mol. The van der Waals surface area contributed by atoms with Crippen LogP contribution in [0, 0.1) is 6.92 Å². The molecule has 7 atom stereocenters. The number of aromatic amines is 1. The number of hydrogen-bond donors (Lipinski definition) is 1. The fourth-order valence-electron chi connectivity index (χ4n) is 7.85. The maximum Gasteiger partial charge on any atom is 0.331 e. The van der Waals surface area contributed by atoms with Crippen LogP contribution in [0.2, 0.25) is 0 Å². The molecule has 48 heavy (non-hydrogen) atoms. The highest BCUT2D eigenvalue weighted by Gasteiger charge is 2.55. The van der Waals surface area contributed by atoms with Crippen LogP contribution in [0.5, 0.6) is 0 Å². The van der Waals surface area contributed by atoms with Crippen molar-refractivity contribution in [2.75, 3.05) is 37.9 Å². The predicted molar refractivity (Wildman–Crippen MR) is 187 cm³/mol. The molecule has 0 spiro atoms. The summed E-state index contributed by atoms with van der Waals surface area (Å²) in [7, 11) is -6.45. The Morgan fingerprint density at radius 2 is 1.67 bits per heavy atom. The highest BCUT2D eigenvalue weighted by atomic mass is 32.3. The largest absolute Gasteiger partial charge is 0.351 e. The van der Waals surface area contributed by atoms with E-state index in [1.807, 2.05) is 0 Å². The van der Waals surface area contributed by atoms with Crippen molar-refractivity contribution < 1.29 is 27.4 Å². The van der Waals surface area contributed by atoms with E-state index in [4.69, 9.17) is 22.8 Å². The fraction of sp³-hybridized carbons (Fsp3) is 0.529. The number of nitrogens with one attached hydrogen (secondary N) is 1. The Hall–Kier alpha value is -2.11. The molecule has 1 N–H and O–H groups in total. The highest BCUT2D eigenvalue weighted by molar-refractivity contribution is 8.33. The maximum atomic E-state index is 13.9. The van der Waals surface area contributed by atoms with Gasteiger partial charge in [0, 0.05) is 41.9 Å². The van der Waals surface area contributed by atoms with Gasteiger partial charge in [0.25, 0.3) is 14.1 Å². The molecule has 5 heterocycles. The number of H-pyrrole nitrogens is 1. The van der Waals surface area contributed by atoms with Crippen LogP contribution in [-0.2, 0) is 27.4 Å². The van der Waals surface area contributed by atoms with Crippen LogP contribution in [0.3, 0.4) is 0 Å². The minimum atomic E-state index is -3.59. The molecule has 0 amide bonds. The van der Waals surface area contributed by atoms with Gasteiger partial charge in [-0.1, -0.05) is 36.4 Å². The summed E-state index contributed by atoms with van der Waals surface area (Å²) in [6, 6.07) is 21.7. The summed E-state index contributed by atoms with van der Waals surface area (Å²) in [4.78, 5) is 31.2. The molecule has 1 aromatic heterocycles. The van der Waals surface area contributed by atoms with Crippen molar-refractivity contribution in [2.45, 2.75) is 86.3 Å². The van der Waals surface area contributed by atoms with Crippen molar-refractivity contribution in [1.82, 2.24) is 14.2 Å². The van der Waals surface area contributed by atoms with Gasteiger partial charge >= 0.3 is 13.3 Å². The lowest BCUT2D eigenvalue weighted by Crippen LogP contribution is -2.44. The topological polar surface area (TPSA) is 121 Å². The first-order chi connectivity index (χ1) is 23.2. The van der Waals surface area contributed by atoms with Crippen LogP contribution in [0.15, 0.2) is 80.0 Å². The second-order valence-electron chi connectivity index (χ2n) is 12.9. The Kier molecular flexibility index (Phi) is 9.94. The first-order valence-electron chi connectivity index (χ1n) is 16.8. The molecule has 3 fully saturated rings. The third-order valence-electron chi connectivity index (χ3n) is 10.0. The molecule has 4 aliphatic rings. The van der Waals surface area contributed by atoms with Crippen molar-refractivity contribution in [3.05, 3.63) is 92.8 Å². The van der Waals surface area contributed by atoms with E-state index < -0.39 is 61.8 Å². The SMILES string of the molecule is CCOP(=O)(C[C@@H]1c2c(C)c(=O)[nH]c(=O)n2[C@H]2C[C@@H](O[P@@]3O[C@H](CS(C)(c4ccccc4)c4ccccc4)[C@@H]4CCCN43)C1O2)OCC. The third kappa shape index (κ3) is 6.22.